The highest BCUT2D eigenvalue weighted by Crippen LogP contribution is 2.12. The second kappa shape index (κ2) is 8.14. The van der Waals surface area contributed by atoms with Crippen LogP contribution in [-0.2, 0) is 11.2 Å². The number of rotatable bonds is 6. The summed E-state index contributed by atoms with van der Waals surface area (Å²) in [4.78, 5) is 11.4. The third-order valence-electron chi connectivity index (χ3n) is 2.54. The van der Waals surface area contributed by atoms with Crippen LogP contribution >= 0.6 is 15.9 Å². The van der Waals surface area contributed by atoms with Crippen LogP contribution < -0.4 is 5.32 Å². The summed E-state index contributed by atoms with van der Waals surface area (Å²) < 4.78 is 6.32. The number of carbonyl (C=O) groups excluding carboxylic acids is 1. The summed E-state index contributed by atoms with van der Waals surface area (Å²) in [7, 11) is 0. The number of carbonyl (C=O) groups is 1. The number of hydrogen-bond acceptors (Lipinski definition) is 2. The number of halogens is 1. The summed E-state index contributed by atoms with van der Waals surface area (Å²) in [5.41, 5.74) is 1.16. The Morgan fingerprint density at radius 1 is 1.39 bits per heavy atom. The van der Waals surface area contributed by atoms with E-state index in [0.29, 0.717) is 6.54 Å². The Balaban J connectivity index is 2.30. The molecule has 0 aliphatic rings. The SMILES string of the molecule is CCCCNC(=O)O[C@@H](C)Cc1ccc(Br)cc1. The lowest BCUT2D eigenvalue weighted by atomic mass is 10.1. The number of hydrogen-bond donors (Lipinski definition) is 1. The van der Waals surface area contributed by atoms with Crippen molar-refractivity contribution in [1.82, 2.24) is 5.32 Å². The summed E-state index contributed by atoms with van der Waals surface area (Å²) in [6.07, 6.45) is 2.33. The largest absolute Gasteiger partial charge is 0.446 e. The molecule has 0 heterocycles. The number of benzene rings is 1. The molecule has 1 rings (SSSR count). The molecule has 0 aromatic heterocycles. The first-order valence-corrected chi connectivity index (χ1v) is 7.10. The van der Waals surface area contributed by atoms with Crippen molar-refractivity contribution in [1.29, 1.82) is 0 Å². The highest BCUT2D eigenvalue weighted by Gasteiger charge is 2.09. The minimum Gasteiger partial charge on any atom is -0.446 e. The van der Waals surface area contributed by atoms with Gasteiger partial charge in [-0.25, -0.2) is 4.79 Å². The van der Waals surface area contributed by atoms with Gasteiger partial charge in [0, 0.05) is 17.4 Å². The Hall–Kier alpha value is -1.03. The standard InChI is InChI=1S/C14H20BrNO2/c1-3-4-9-16-14(17)18-11(2)10-12-5-7-13(15)8-6-12/h5-8,11H,3-4,9-10H2,1-2H3,(H,16,17)/t11-/m0/s1. The van der Waals surface area contributed by atoms with Crippen LogP contribution in [-0.4, -0.2) is 18.7 Å². The quantitative estimate of drug-likeness (QED) is 0.809. The molecule has 0 bridgehead atoms. The van der Waals surface area contributed by atoms with Gasteiger partial charge >= 0.3 is 6.09 Å². The Morgan fingerprint density at radius 2 is 2.06 bits per heavy atom. The maximum absolute atomic E-state index is 11.4. The lowest BCUT2D eigenvalue weighted by Crippen LogP contribution is -2.29. The number of nitrogens with one attached hydrogen (secondary N) is 1. The van der Waals surface area contributed by atoms with Gasteiger partial charge in [0.2, 0.25) is 0 Å². The molecule has 0 saturated heterocycles. The smallest absolute Gasteiger partial charge is 0.407 e. The number of unbranched alkanes of at least 4 members (excludes halogenated alkanes) is 1. The second-order valence-electron chi connectivity index (χ2n) is 4.33. The Bertz CT molecular complexity index is 365. The van der Waals surface area contributed by atoms with E-state index in [1.165, 1.54) is 0 Å². The van der Waals surface area contributed by atoms with Crippen LogP contribution in [0.5, 0.6) is 0 Å². The highest BCUT2D eigenvalue weighted by atomic mass is 79.9. The van der Waals surface area contributed by atoms with Crippen molar-refractivity contribution in [2.75, 3.05) is 6.54 Å². The molecule has 0 radical (unpaired) electrons. The van der Waals surface area contributed by atoms with Crippen LogP contribution in [0.3, 0.4) is 0 Å². The van der Waals surface area contributed by atoms with E-state index in [4.69, 9.17) is 4.74 Å². The predicted octanol–water partition coefficient (Wildman–Crippen LogP) is 3.91. The van der Waals surface area contributed by atoms with Crippen molar-refractivity contribution in [3.63, 3.8) is 0 Å². The van der Waals surface area contributed by atoms with Crippen LogP contribution in [0.1, 0.15) is 32.3 Å². The summed E-state index contributed by atoms with van der Waals surface area (Å²) in [5.74, 6) is 0. The van der Waals surface area contributed by atoms with Crippen molar-refractivity contribution in [3.8, 4) is 0 Å². The normalized spacial score (nSPS) is 11.9. The van der Waals surface area contributed by atoms with Crippen molar-refractivity contribution < 1.29 is 9.53 Å². The molecule has 0 aliphatic heterocycles. The maximum atomic E-state index is 11.4. The van der Waals surface area contributed by atoms with E-state index in [2.05, 4.69) is 28.2 Å². The van der Waals surface area contributed by atoms with Gasteiger partial charge in [-0.05, 0) is 31.0 Å². The molecule has 4 heteroatoms. The van der Waals surface area contributed by atoms with Gasteiger partial charge in [-0.1, -0.05) is 41.4 Å². The first kappa shape index (κ1) is 15.0. The van der Waals surface area contributed by atoms with Gasteiger partial charge in [0.25, 0.3) is 0 Å². The van der Waals surface area contributed by atoms with Gasteiger partial charge in [-0.2, -0.15) is 0 Å². The number of alkyl carbamates (subject to hydrolysis) is 1. The molecular weight excluding hydrogens is 294 g/mol. The minimum atomic E-state index is -0.326. The number of ether oxygens (including phenoxy) is 1. The van der Waals surface area contributed by atoms with Crippen molar-refractivity contribution in [2.45, 2.75) is 39.2 Å². The van der Waals surface area contributed by atoms with Gasteiger partial charge in [-0.15, -0.1) is 0 Å². The molecule has 0 fully saturated rings. The van der Waals surface area contributed by atoms with E-state index in [0.717, 1.165) is 29.3 Å². The zero-order valence-electron chi connectivity index (χ0n) is 10.9. The van der Waals surface area contributed by atoms with Gasteiger partial charge in [0.15, 0.2) is 0 Å². The van der Waals surface area contributed by atoms with E-state index < -0.39 is 0 Å². The van der Waals surface area contributed by atoms with Crippen molar-refractivity contribution >= 4 is 22.0 Å². The molecular formula is C14H20BrNO2. The minimum absolute atomic E-state index is 0.118. The molecule has 0 saturated carbocycles. The lowest BCUT2D eigenvalue weighted by molar-refractivity contribution is 0.107. The van der Waals surface area contributed by atoms with E-state index in [1.807, 2.05) is 31.2 Å². The predicted molar refractivity (Wildman–Crippen MR) is 76.7 cm³/mol. The first-order valence-electron chi connectivity index (χ1n) is 6.30. The third-order valence-corrected chi connectivity index (χ3v) is 3.07. The van der Waals surface area contributed by atoms with E-state index in [1.54, 1.807) is 0 Å². The monoisotopic (exact) mass is 313 g/mol. The zero-order chi connectivity index (χ0) is 13.4. The molecule has 1 N–H and O–H groups in total. The van der Waals surface area contributed by atoms with Gasteiger partial charge < -0.3 is 10.1 Å². The lowest BCUT2D eigenvalue weighted by Gasteiger charge is -2.14. The van der Waals surface area contributed by atoms with Crippen LogP contribution in [0.25, 0.3) is 0 Å². The van der Waals surface area contributed by atoms with Crippen LogP contribution in [0, 0.1) is 0 Å². The molecule has 1 aromatic rings. The van der Waals surface area contributed by atoms with Gasteiger partial charge in [0.1, 0.15) is 6.10 Å². The molecule has 3 nitrogen and oxygen atoms in total. The average Bonchev–Trinajstić information content (AvgIpc) is 2.32. The zero-order valence-corrected chi connectivity index (χ0v) is 12.5. The summed E-state index contributed by atoms with van der Waals surface area (Å²) in [5, 5.41) is 2.74. The number of amides is 1. The summed E-state index contributed by atoms with van der Waals surface area (Å²) in [6, 6.07) is 8.03. The molecule has 0 aliphatic carbocycles. The van der Waals surface area contributed by atoms with Crippen LogP contribution in [0.15, 0.2) is 28.7 Å². The van der Waals surface area contributed by atoms with E-state index in [-0.39, 0.29) is 12.2 Å². The molecule has 1 amide bonds. The fourth-order valence-corrected chi connectivity index (χ4v) is 1.85. The van der Waals surface area contributed by atoms with Crippen LogP contribution in [0.4, 0.5) is 4.79 Å². The summed E-state index contributed by atoms with van der Waals surface area (Å²) in [6.45, 7) is 4.67. The van der Waals surface area contributed by atoms with Crippen LogP contribution in [0.2, 0.25) is 0 Å². The Morgan fingerprint density at radius 3 is 2.67 bits per heavy atom. The third kappa shape index (κ3) is 6.05. The Labute approximate surface area is 117 Å². The van der Waals surface area contributed by atoms with Gasteiger partial charge in [0.05, 0.1) is 0 Å². The molecule has 0 spiro atoms. The first-order chi connectivity index (χ1) is 8.61. The highest BCUT2D eigenvalue weighted by molar-refractivity contribution is 9.10. The van der Waals surface area contributed by atoms with Crippen molar-refractivity contribution in [2.24, 2.45) is 0 Å². The topological polar surface area (TPSA) is 38.3 Å². The second-order valence-corrected chi connectivity index (χ2v) is 5.24. The maximum Gasteiger partial charge on any atom is 0.407 e. The molecule has 1 atom stereocenters. The molecule has 100 valence electrons. The van der Waals surface area contributed by atoms with Crippen molar-refractivity contribution in [3.05, 3.63) is 34.3 Å². The fourth-order valence-electron chi connectivity index (χ4n) is 1.59. The van der Waals surface area contributed by atoms with E-state index >= 15 is 0 Å². The molecule has 0 unspecified atom stereocenters. The average molecular weight is 314 g/mol. The molecule has 1 aromatic carbocycles. The summed E-state index contributed by atoms with van der Waals surface area (Å²) >= 11 is 3.39. The Kier molecular flexibility index (Phi) is 6.80. The van der Waals surface area contributed by atoms with E-state index in [9.17, 15) is 4.79 Å². The fraction of sp³-hybridized carbons (Fsp3) is 0.500. The molecule has 18 heavy (non-hydrogen) atoms. The van der Waals surface area contributed by atoms with Gasteiger partial charge in [-0.3, -0.25) is 0 Å².